The van der Waals surface area contributed by atoms with Crippen LogP contribution in [0.25, 0.3) is 0 Å². The van der Waals surface area contributed by atoms with Crippen LogP contribution >= 0.6 is 0 Å². The van der Waals surface area contributed by atoms with Crippen molar-refractivity contribution in [2.24, 2.45) is 11.8 Å². The first-order chi connectivity index (χ1) is 14.0. The molecule has 2 atom stereocenters. The summed E-state index contributed by atoms with van der Waals surface area (Å²) in [7, 11) is -3.70. The van der Waals surface area contributed by atoms with Gasteiger partial charge in [0.2, 0.25) is 10.0 Å². The fraction of sp³-hybridized carbons (Fsp3) is 0.381. The van der Waals surface area contributed by atoms with Gasteiger partial charge in [0.25, 0.3) is 5.91 Å². The zero-order valence-corrected chi connectivity index (χ0v) is 17.4. The summed E-state index contributed by atoms with van der Waals surface area (Å²) in [6.07, 6.45) is -3.64. The van der Waals surface area contributed by atoms with Crippen molar-refractivity contribution in [3.8, 4) is 0 Å². The minimum atomic E-state index is -4.61. The van der Waals surface area contributed by atoms with Crippen LogP contribution in [-0.2, 0) is 16.2 Å². The summed E-state index contributed by atoms with van der Waals surface area (Å²) < 4.78 is 66.5. The third kappa shape index (κ3) is 4.84. The van der Waals surface area contributed by atoms with Crippen LogP contribution in [0.3, 0.4) is 0 Å². The highest BCUT2D eigenvalue weighted by molar-refractivity contribution is 7.89. The molecule has 2 aromatic rings. The molecule has 5 nitrogen and oxygen atoms in total. The van der Waals surface area contributed by atoms with Crippen LogP contribution in [-0.4, -0.2) is 31.7 Å². The molecule has 0 bridgehead atoms. The number of hydrogen-bond acceptors (Lipinski definition) is 3. The van der Waals surface area contributed by atoms with Crippen LogP contribution in [0.4, 0.5) is 18.9 Å². The monoisotopic (exact) mass is 440 g/mol. The zero-order chi connectivity index (χ0) is 22.1. The number of nitrogens with one attached hydrogen (secondary N) is 1. The van der Waals surface area contributed by atoms with E-state index in [4.69, 9.17) is 0 Å². The number of rotatable bonds is 4. The molecule has 1 saturated heterocycles. The Morgan fingerprint density at radius 2 is 1.57 bits per heavy atom. The van der Waals surface area contributed by atoms with Gasteiger partial charge in [-0.25, -0.2) is 8.42 Å². The molecule has 1 aliphatic rings. The number of anilines is 1. The third-order valence-electron chi connectivity index (χ3n) is 5.07. The molecule has 0 aliphatic carbocycles. The Bertz CT molecular complexity index is 1010. The number of halogens is 3. The minimum absolute atomic E-state index is 0.0519. The highest BCUT2D eigenvalue weighted by Gasteiger charge is 2.34. The number of alkyl halides is 3. The van der Waals surface area contributed by atoms with Gasteiger partial charge in [-0.3, -0.25) is 4.79 Å². The summed E-state index contributed by atoms with van der Waals surface area (Å²) in [6, 6.07) is 9.89. The lowest BCUT2D eigenvalue weighted by atomic mass is 9.94. The lowest BCUT2D eigenvalue weighted by Gasteiger charge is -2.34. The fourth-order valence-corrected chi connectivity index (χ4v) is 5.44. The SMILES string of the molecule is C[C@@H]1C[C@@H](C)CN(S(=O)(=O)c2ccc(C(=O)Nc3ccccc3C(F)(F)F)cc2)C1. The molecule has 0 spiro atoms. The van der Waals surface area contributed by atoms with Crippen LogP contribution in [0.15, 0.2) is 53.4 Å². The molecule has 30 heavy (non-hydrogen) atoms. The average Bonchev–Trinajstić information content (AvgIpc) is 2.67. The minimum Gasteiger partial charge on any atom is -0.321 e. The van der Waals surface area contributed by atoms with E-state index < -0.39 is 27.7 Å². The van der Waals surface area contributed by atoms with Gasteiger partial charge in [0, 0.05) is 18.7 Å². The molecule has 0 radical (unpaired) electrons. The molecule has 9 heteroatoms. The fourth-order valence-electron chi connectivity index (χ4n) is 3.76. The second-order valence-corrected chi connectivity index (χ2v) is 9.73. The van der Waals surface area contributed by atoms with E-state index in [1.807, 2.05) is 13.8 Å². The second-order valence-electron chi connectivity index (χ2n) is 7.79. The smallest absolute Gasteiger partial charge is 0.321 e. The number of piperidine rings is 1. The van der Waals surface area contributed by atoms with E-state index in [2.05, 4.69) is 5.32 Å². The van der Waals surface area contributed by atoms with E-state index in [0.717, 1.165) is 18.6 Å². The summed E-state index contributed by atoms with van der Waals surface area (Å²) in [5.41, 5.74) is -1.25. The molecule has 0 aromatic heterocycles. The van der Waals surface area contributed by atoms with Crippen LogP contribution in [0.5, 0.6) is 0 Å². The number of nitrogens with zero attached hydrogens (tertiary/aromatic N) is 1. The molecule has 1 amide bonds. The van der Waals surface area contributed by atoms with Crippen molar-refractivity contribution >= 4 is 21.6 Å². The first kappa shape index (κ1) is 22.3. The number of para-hydroxylation sites is 1. The van der Waals surface area contributed by atoms with E-state index >= 15 is 0 Å². The van der Waals surface area contributed by atoms with E-state index in [1.54, 1.807) is 0 Å². The molecule has 162 valence electrons. The quantitative estimate of drug-likeness (QED) is 0.754. The number of hydrogen-bond donors (Lipinski definition) is 1. The Balaban J connectivity index is 1.78. The predicted octanol–water partition coefficient (Wildman–Crippen LogP) is 4.62. The van der Waals surface area contributed by atoms with Gasteiger partial charge < -0.3 is 5.32 Å². The molecule has 2 aromatic carbocycles. The van der Waals surface area contributed by atoms with Gasteiger partial charge in [-0.15, -0.1) is 0 Å². The van der Waals surface area contributed by atoms with Crippen LogP contribution in [0.2, 0.25) is 0 Å². The number of carbonyl (C=O) groups excluding carboxylic acids is 1. The summed E-state index contributed by atoms with van der Waals surface area (Å²) >= 11 is 0. The summed E-state index contributed by atoms with van der Waals surface area (Å²) in [4.78, 5) is 12.5. The van der Waals surface area contributed by atoms with Gasteiger partial charge in [-0.05, 0) is 54.7 Å². The number of benzene rings is 2. The highest BCUT2D eigenvalue weighted by atomic mass is 32.2. The Hall–Kier alpha value is -2.39. The number of sulfonamides is 1. The summed E-state index contributed by atoms with van der Waals surface area (Å²) in [6.45, 7) is 4.88. The van der Waals surface area contributed by atoms with Crippen LogP contribution < -0.4 is 5.32 Å². The molecule has 3 rings (SSSR count). The van der Waals surface area contributed by atoms with Crippen LogP contribution in [0.1, 0.15) is 36.2 Å². The zero-order valence-electron chi connectivity index (χ0n) is 16.6. The predicted molar refractivity (Wildman–Crippen MR) is 108 cm³/mol. The van der Waals surface area contributed by atoms with Gasteiger partial charge >= 0.3 is 6.18 Å². The molecular formula is C21H23F3N2O3S. The van der Waals surface area contributed by atoms with Crippen molar-refractivity contribution in [3.05, 3.63) is 59.7 Å². The molecule has 1 fully saturated rings. The Morgan fingerprint density at radius 1 is 1.00 bits per heavy atom. The lowest BCUT2D eigenvalue weighted by Crippen LogP contribution is -2.42. The second kappa shape index (κ2) is 8.39. The van der Waals surface area contributed by atoms with Crippen molar-refractivity contribution in [2.45, 2.75) is 31.3 Å². The standard InChI is InChI=1S/C21H23F3N2O3S/c1-14-11-15(2)13-26(12-14)30(28,29)17-9-7-16(8-10-17)20(27)25-19-6-4-3-5-18(19)21(22,23)24/h3-10,14-15H,11-13H2,1-2H3,(H,25,27)/t14-,15-/m1/s1. The lowest BCUT2D eigenvalue weighted by molar-refractivity contribution is -0.136. The maximum Gasteiger partial charge on any atom is 0.418 e. The van der Waals surface area contributed by atoms with E-state index in [-0.39, 0.29) is 28.0 Å². The van der Waals surface area contributed by atoms with Crippen molar-refractivity contribution in [1.29, 1.82) is 0 Å². The molecule has 0 unspecified atom stereocenters. The summed E-state index contributed by atoms with van der Waals surface area (Å²) in [5.74, 6) is -0.250. The Kier molecular flexibility index (Phi) is 6.24. The third-order valence-corrected chi connectivity index (χ3v) is 6.92. The number of amides is 1. The highest BCUT2D eigenvalue weighted by Crippen LogP contribution is 2.34. The Labute approximate surface area is 173 Å². The average molecular weight is 440 g/mol. The van der Waals surface area contributed by atoms with Gasteiger partial charge in [-0.2, -0.15) is 17.5 Å². The van der Waals surface area contributed by atoms with Gasteiger partial charge in [0.15, 0.2) is 0 Å². The van der Waals surface area contributed by atoms with E-state index in [1.165, 1.54) is 40.7 Å². The molecule has 0 saturated carbocycles. The topological polar surface area (TPSA) is 66.5 Å². The molecular weight excluding hydrogens is 417 g/mol. The molecule has 1 N–H and O–H groups in total. The Morgan fingerprint density at radius 3 is 2.13 bits per heavy atom. The largest absolute Gasteiger partial charge is 0.418 e. The van der Waals surface area contributed by atoms with Crippen LogP contribution in [0, 0.1) is 11.8 Å². The summed E-state index contributed by atoms with van der Waals surface area (Å²) in [5, 5.41) is 2.25. The van der Waals surface area contributed by atoms with Crippen molar-refractivity contribution < 1.29 is 26.4 Å². The van der Waals surface area contributed by atoms with Gasteiger partial charge in [0.1, 0.15) is 0 Å². The van der Waals surface area contributed by atoms with E-state index in [9.17, 15) is 26.4 Å². The van der Waals surface area contributed by atoms with E-state index in [0.29, 0.717) is 13.1 Å². The first-order valence-corrected chi connectivity index (χ1v) is 11.0. The van der Waals surface area contributed by atoms with Gasteiger partial charge in [-0.1, -0.05) is 26.0 Å². The number of carbonyl (C=O) groups is 1. The van der Waals surface area contributed by atoms with Crippen molar-refractivity contribution in [3.63, 3.8) is 0 Å². The van der Waals surface area contributed by atoms with Crippen molar-refractivity contribution in [2.75, 3.05) is 18.4 Å². The van der Waals surface area contributed by atoms with Crippen molar-refractivity contribution in [1.82, 2.24) is 4.31 Å². The maximum atomic E-state index is 13.1. The molecule has 1 heterocycles. The maximum absolute atomic E-state index is 13.1. The molecule has 1 aliphatic heterocycles. The first-order valence-electron chi connectivity index (χ1n) is 9.56. The van der Waals surface area contributed by atoms with Gasteiger partial charge in [0.05, 0.1) is 16.1 Å². The normalized spacial score (nSPS) is 20.7.